The van der Waals surface area contributed by atoms with Gasteiger partial charge in [0.25, 0.3) is 0 Å². The lowest BCUT2D eigenvalue weighted by molar-refractivity contribution is -0.0242. The van der Waals surface area contributed by atoms with Gasteiger partial charge in [-0.2, -0.15) is 0 Å². The molecule has 96 valence electrons. The van der Waals surface area contributed by atoms with E-state index in [4.69, 9.17) is 10.5 Å². The minimum atomic E-state index is 0.377. The van der Waals surface area contributed by atoms with Crippen molar-refractivity contribution in [2.45, 2.75) is 40.2 Å². The summed E-state index contributed by atoms with van der Waals surface area (Å²) in [7, 11) is 0. The summed E-state index contributed by atoms with van der Waals surface area (Å²) in [5, 5.41) is 0. The van der Waals surface area contributed by atoms with E-state index in [1.54, 1.807) is 0 Å². The molecule has 0 spiro atoms. The van der Waals surface area contributed by atoms with Crippen molar-refractivity contribution in [3.63, 3.8) is 0 Å². The van der Waals surface area contributed by atoms with Crippen molar-refractivity contribution in [1.29, 1.82) is 0 Å². The Balaban J connectivity index is 2.37. The summed E-state index contributed by atoms with van der Waals surface area (Å²) in [4.78, 5) is 2.50. The van der Waals surface area contributed by atoms with Crippen LogP contribution in [-0.2, 0) is 4.74 Å². The van der Waals surface area contributed by atoms with Crippen molar-refractivity contribution < 1.29 is 4.74 Å². The molecule has 16 heavy (non-hydrogen) atoms. The number of hydrogen-bond acceptors (Lipinski definition) is 3. The van der Waals surface area contributed by atoms with Gasteiger partial charge in [-0.05, 0) is 31.2 Å². The molecule has 0 bridgehead atoms. The van der Waals surface area contributed by atoms with Gasteiger partial charge < -0.3 is 10.5 Å². The van der Waals surface area contributed by atoms with Crippen LogP contribution in [0.1, 0.15) is 34.1 Å². The highest BCUT2D eigenvalue weighted by Crippen LogP contribution is 2.24. The van der Waals surface area contributed by atoms with Crippen molar-refractivity contribution in [2.24, 2.45) is 17.1 Å². The van der Waals surface area contributed by atoms with Gasteiger partial charge in [-0.1, -0.05) is 20.8 Å². The van der Waals surface area contributed by atoms with Gasteiger partial charge in [-0.15, -0.1) is 0 Å². The molecule has 0 aliphatic carbocycles. The molecule has 0 amide bonds. The first-order chi connectivity index (χ1) is 7.40. The van der Waals surface area contributed by atoms with E-state index in [1.807, 2.05) is 0 Å². The molecule has 3 heteroatoms. The molecule has 3 nitrogen and oxygen atoms in total. The Morgan fingerprint density at radius 3 is 2.62 bits per heavy atom. The predicted molar refractivity (Wildman–Crippen MR) is 68.5 cm³/mol. The van der Waals surface area contributed by atoms with Crippen LogP contribution in [0.15, 0.2) is 0 Å². The maximum Gasteiger partial charge on any atom is 0.0674 e. The molecule has 2 N–H and O–H groups in total. The Morgan fingerprint density at radius 1 is 1.44 bits per heavy atom. The predicted octanol–water partition coefficient (Wildman–Crippen LogP) is 1.72. The summed E-state index contributed by atoms with van der Waals surface area (Å²) in [6, 6.07) is 0. The Hall–Kier alpha value is -0.120. The molecule has 0 saturated carbocycles. The third-order valence-corrected chi connectivity index (χ3v) is 3.08. The first-order valence-corrected chi connectivity index (χ1v) is 6.45. The highest BCUT2D eigenvalue weighted by Gasteiger charge is 2.23. The molecule has 0 radical (unpaired) electrons. The van der Waals surface area contributed by atoms with E-state index in [-0.39, 0.29) is 0 Å². The fraction of sp³-hybridized carbons (Fsp3) is 1.00. The third kappa shape index (κ3) is 5.28. The summed E-state index contributed by atoms with van der Waals surface area (Å²) < 4.78 is 5.55. The van der Waals surface area contributed by atoms with E-state index >= 15 is 0 Å². The van der Waals surface area contributed by atoms with Gasteiger partial charge >= 0.3 is 0 Å². The van der Waals surface area contributed by atoms with Gasteiger partial charge in [0.2, 0.25) is 0 Å². The Labute approximate surface area is 100 Å². The SMILES string of the molecule is CC1CN(CC(CN)CC(C)(C)C)CCO1. The monoisotopic (exact) mass is 228 g/mol. The van der Waals surface area contributed by atoms with Crippen molar-refractivity contribution in [3.8, 4) is 0 Å². The number of morpholine rings is 1. The van der Waals surface area contributed by atoms with Crippen LogP contribution in [0.2, 0.25) is 0 Å². The second-order valence-corrected chi connectivity index (χ2v) is 6.31. The fourth-order valence-corrected chi connectivity index (χ4v) is 2.51. The normalized spacial score (nSPS) is 25.7. The van der Waals surface area contributed by atoms with Crippen LogP contribution in [0.4, 0.5) is 0 Å². The van der Waals surface area contributed by atoms with E-state index in [2.05, 4.69) is 32.6 Å². The fourth-order valence-electron chi connectivity index (χ4n) is 2.51. The van der Waals surface area contributed by atoms with Gasteiger partial charge in [0.1, 0.15) is 0 Å². The molecule has 2 atom stereocenters. The summed E-state index contributed by atoms with van der Waals surface area (Å²) >= 11 is 0. The molecule has 0 aromatic rings. The zero-order valence-electron chi connectivity index (χ0n) is 11.3. The van der Waals surface area contributed by atoms with Gasteiger partial charge in [0, 0.05) is 19.6 Å². The zero-order chi connectivity index (χ0) is 12.2. The summed E-state index contributed by atoms with van der Waals surface area (Å²) in [5.74, 6) is 0.616. The van der Waals surface area contributed by atoms with Crippen molar-refractivity contribution in [1.82, 2.24) is 4.90 Å². The topological polar surface area (TPSA) is 38.5 Å². The van der Waals surface area contributed by atoms with Crippen LogP contribution in [0, 0.1) is 11.3 Å². The van der Waals surface area contributed by atoms with Crippen molar-refractivity contribution in [3.05, 3.63) is 0 Å². The lowest BCUT2D eigenvalue weighted by Crippen LogP contribution is -2.44. The standard InChI is InChI=1S/C13H28N2O/c1-11-9-15(5-6-16-11)10-12(8-14)7-13(2,3)4/h11-12H,5-10,14H2,1-4H3. The molecule has 1 heterocycles. The maximum atomic E-state index is 5.87. The number of nitrogens with two attached hydrogens (primary N) is 1. The number of ether oxygens (including phenoxy) is 1. The molecular formula is C13H28N2O. The smallest absolute Gasteiger partial charge is 0.0674 e. The Bertz CT molecular complexity index is 201. The summed E-state index contributed by atoms with van der Waals surface area (Å²) in [6.07, 6.45) is 1.58. The number of nitrogens with zero attached hydrogens (tertiary/aromatic N) is 1. The van der Waals surface area contributed by atoms with E-state index in [0.717, 1.165) is 32.8 Å². The average molecular weight is 228 g/mol. The molecule has 1 fully saturated rings. The van der Waals surface area contributed by atoms with Gasteiger partial charge in [-0.3, -0.25) is 4.90 Å². The molecule has 1 saturated heterocycles. The summed E-state index contributed by atoms with van der Waals surface area (Å²) in [6.45, 7) is 13.9. The molecule has 0 aromatic carbocycles. The number of rotatable bonds is 4. The van der Waals surface area contributed by atoms with E-state index in [0.29, 0.717) is 17.4 Å². The molecule has 0 aromatic heterocycles. The zero-order valence-corrected chi connectivity index (χ0v) is 11.3. The minimum absolute atomic E-state index is 0.377. The highest BCUT2D eigenvalue weighted by atomic mass is 16.5. The van der Waals surface area contributed by atoms with Crippen LogP contribution in [0.3, 0.4) is 0 Å². The first-order valence-electron chi connectivity index (χ1n) is 6.45. The second kappa shape index (κ2) is 5.99. The molecule has 1 rings (SSSR count). The number of hydrogen-bond donors (Lipinski definition) is 1. The van der Waals surface area contributed by atoms with Crippen LogP contribution >= 0.6 is 0 Å². The highest BCUT2D eigenvalue weighted by molar-refractivity contribution is 4.76. The molecule has 2 unspecified atom stereocenters. The second-order valence-electron chi connectivity index (χ2n) is 6.31. The van der Waals surface area contributed by atoms with Crippen molar-refractivity contribution >= 4 is 0 Å². The van der Waals surface area contributed by atoms with Crippen LogP contribution in [0.25, 0.3) is 0 Å². The first kappa shape index (κ1) is 13.9. The van der Waals surface area contributed by atoms with Crippen LogP contribution in [0.5, 0.6) is 0 Å². The summed E-state index contributed by atoms with van der Waals surface area (Å²) in [5.41, 5.74) is 6.25. The lowest BCUT2D eigenvalue weighted by atomic mass is 9.84. The van der Waals surface area contributed by atoms with Crippen LogP contribution in [-0.4, -0.2) is 43.8 Å². The van der Waals surface area contributed by atoms with E-state index < -0.39 is 0 Å². The average Bonchev–Trinajstić information content (AvgIpc) is 2.14. The Morgan fingerprint density at radius 2 is 2.12 bits per heavy atom. The largest absolute Gasteiger partial charge is 0.376 e. The van der Waals surface area contributed by atoms with E-state index in [9.17, 15) is 0 Å². The van der Waals surface area contributed by atoms with E-state index in [1.165, 1.54) is 6.42 Å². The minimum Gasteiger partial charge on any atom is -0.376 e. The van der Waals surface area contributed by atoms with Gasteiger partial charge in [0.15, 0.2) is 0 Å². The molecule has 1 aliphatic rings. The molecule has 1 aliphatic heterocycles. The molecular weight excluding hydrogens is 200 g/mol. The third-order valence-electron chi connectivity index (χ3n) is 3.08. The maximum absolute atomic E-state index is 5.87. The van der Waals surface area contributed by atoms with Crippen molar-refractivity contribution in [2.75, 3.05) is 32.8 Å². The van der Waals surface area contributed by atoms with Gasteiger partial charge in [0.05, 0.1) is 12.7 Å². The van der Waals surface area contributed by atoms with Crippen LogP contribution < -0.4 is 5.73 Å². The lowest BCUT2D eigenvalue weighted by Gasteiger charge is -2.35. The Kier molecular flexibility index (Phi) is 5.22. The quantitative estimate of drug-likeness (QED) is 0.796. The van der Waals surface area contributed by atoms with Gasteiger partial charge in [-0.25, -0.2) is 0 Å².